The van der Waals surface area contributed by atoms with Crippen molar-refractivity contribution < 1.29 is 13.9 Å². The number of rotatable bonds is 5. The molecule has 1 saturated heterocycles. The molecule has 1 unspecified atom stereocenters. The molecule has 29 heavy (non-hydrogen) atoms. The molecular formula is C24H27FN2O2. The molecule has 1 aliphatic rings. The van der Waals surface area contributed by atoms with E-state index in [2.05, 4.69) is 25.2 Å². The molecule has 0 aliphatic carbocycles. The summed E-state index contributed by atoms with van der Waals surface area (Å²) in [5.41, 5.74) is 3.44. The lowest BCUT2D eigenvalue weighted by Crippen LogP contribution is -2.43. The average Bonchev–Trinajstić information content (AvgIpc) is 2.71. The van der Waals surface area contributed by atoms with Crippen molar-refractivity contribution in [2.24, 2.45) is 0 Å². The molecule has 0 bridgehead atoms. The van der Waals surface area contributed by atoms with Gasteiger partial charge in [0.05, 0.1) is 23.9 Å². The third-order valence-electron chi connectivity index (χ3n) is 5.48. The second-order valence-corrected chi connectivity index (χ2v) is 8.24. The van der Waals surface area contributed by atoms with Gasteiger partial charge in [-0.2, -0.15) is 0 Å². The summed E-state index contributed by atoms with van der Waals surface area (Å²) in [6.45, 7) is 5.72. The summed E-state index contributed by atoms with van der Waals surface area (Å²) in [6.07, 6.45) is 1.96. The minimum atomic E-state index is -0.281. The van der Waals surface area contributed by atoms with E-state index in [1.165, 1.54) is 12.1 Å². The molecule has 5 heteroatoms. The van der Waals surface area contributed by atoms with Gasteiger partial charge in [0.2, 0.25) is 0 Å². The van der Waals surface area contributed by atoms with E-state index in [4.69, 9.17) is 14.5 Å². The highest BCUT2D eigenvalue weighted by Crippen LogP contribution is 2.30. The maximum absolute atomic E-state index is 13.8. The lowest BCUT2D eigenvalue weighted by atomic mass is 9.93. The van der Waals surface area contributed by atoms with Crippen molar-refractivity contribution in [2.45, 2.75) is 44.9 Å². The highest BCUT2D eigenvalue weighted by molar-refractivity contribution is 5.83. The molecule has 1 fully saturated rings. The first kappa shape index (κ1) is 19.8. The maximum atomic E-state index is 13.8. The fraction of sp³-hybridized carbons (Fsp3) is 0.375. The van der Waals surface area contributed by atoms with Gasteiger partial charge in [0, 0.05) is 36.2 Å². The van der Waals surface area contributed by atoms with Crippen LogP contribution in [0.4, 0.5) is 4.39 Å². The van der Waals surface area contributed by atoms with Crippen LogP contribution in [0.25, 0.3) is 22.2 Å². The summed E-state index contributed by atoms with van der Waals surface area (Å²) < 4.78 is 25.0. The molecule has 2 heterocycles. The zero-order valence-electron chi connectivity index (χ0n) is 17.2. The van der Waals surface area contributed by atoms with Gasteiger partial charge in [-0.3, -0.25) is 0 Å². The monoisotopic (exact) mass is 394 g/mol. The van der Waals surface area contributed by atoms with Crippen molar-refractivity contribution in [3.05, 3.63) is 59.9 Å². The Hall–Kier alpha value is -2.50. The van der Waals surface area contributed by atoms with Crippen molar-refractivity contribution in [1.82, 2.24) is 10.3 Å². The minimum absolute atomic E-state index is 0.106. The highest BCUT2D eigenvalue weighted by Gasteiger charge is 2.28. The number of hydrogen-bond donors (Lipinski definition) is 1. The summed E-state index contributed by atoms with van der Waals surface area (Å²) in [5, 5.41) is 4.62. The van der Waals surface area contributed by atoms with Gasteiger partial charge in [-0.25, -0.2) is 9.37 Å². The fourth-order valence-corrected chi connectivity index (χ4v) is 4.00. The van der Waals surface area contributed by atoms with Gasteiger partial charge in [-0.05, 0) is 62.6 Å². The molecule has 0 amide bonds. The average molecular weight is 394 g/mol. The quantitative estimate of drug-likeness (QED) is 0.654. The number of nitrogens with one attached hydrogen (secondary N) is 1. The molecule has 0 spiro atoms. The molecule has 1 atom stereocenters. The molecule has 1 aromatic heterocycles. The molecular weight excluding hydrogens is 367 g/mol. The van der Waals surface area contributed by atoms with Gasteiger partial charge in [0.15, 0.2) is 0 Å². The van der Waals surface area contributed by atoms with E-state index >= 15 is 0 Å². The Morgan fingerprint density at radius 2 is 2.07 bits per heavy atom. The molecule has 1 N–H and O–H groups in total. The number of benzene rings is 2. The number of fused-ring (bicyclic) bond motifs is 1. The Kier molecular flexibility index (Phi) is 5.52. The molecule has 152 valence electrons. The lowest BCUT2D eigenvalue weighted by Gasteiger charge is -2.36. The standard InChI is InChI=1S/C24H27FN2O2/c1-24(2)14-20(9-10-29-24)26-15-18-11-16-7-8-19(25)13-22(16)27-23(18)17-5-4-6-21(12-17)28-3/h4-8,11-13,20,26H,9-10,14-15H2,1-3H3. The Morgan fingerprint density at radius 3 is 2.86 bits per heavy atom. The van der Waals surface area contributed by atoms with E-state index in [0.29, 0.717) is 18.1 Å². The Labute approximate surface area is 171 Å². The van der Waals surface area contributed by atoms with Crippen molar-refractivity contribution in [3.8, 4) is 17.0 Å². The molecule has 0 radical (unpaired) electrons. The highest BCUT2D eigenvalue weighted by atomic mass is 19.1. The predicted octanol–water partition coefficient (Wildman–Crippen LogP) is 5.10. The number of pyridine rings is 1. The Bertz CT molecular complexity index is 1020. The van der Waals surface area contributed by atoms with Crippen LogP contribution in [-0.4, -0.2) is 30.3 Å². The number of hydrogen-bond acceptors (Lipinski definition) is 4. The largest absolute Gasteiger partial charge is 0.497 e. The number of methoxy groups -OCH3 is 1. The van der Waals surface area contributed by atoms with Crippen LogP contribution in [0.5, 0.6) is 5.75 Å². The topological polar surface area (TPSA) is 43.4 Å². The first-order chi connectivity index (χ1) is 13.9. The normalized spacial score (nSPS) is 18.7. The number of aromatic nitrogens is 1. The van der Waals surface area contributed by atoms with Crippen LogP contribution in [0.1, 0.15) is 32.3 Å². The van der Waals surface area contributed by atoms with E-state index < -0.39 is 0 Å². The molecule has 4 nitrogen and oxygen atoms in total. The maximum Gasteiger partial charge on any atom is 0.125 e. The number of ether oxygens (including phenoxy) is 2. The van der Waals surface area contributed by atoms with Gasteiger partial charge in [-0.1, -0.05) is 12.1 Å². The van der Waals surface area contributed by atoms with Crippen LogP contribution in [0.3, 0.4) is 0 Å². The zero-order chi connectivity index (χ0) is 20.4. The van der Waals surface area contributed by atoms with Gasteiger partial charge >= 0.3 is 0 Å². The van der Waals surface area contributed by atoms with Crippen molar-refractivity contribution >= 4 is 10.9 Å². The van der Waals surface area contributed by atoms with E-state index in [9.17, 15) is 4.39 Å². The van der Waals surface area contributed by atoms with Crippen LogP contribution in [0.15, 0.2) is 48.5 Å². The van der Waals surface area contributed by atoms with Gasteiger partial charge in [0.1, 0.15) is 11.6 Å². The molecule has 2 aromatic carbocycles. The van der Waals surface area contributed by atoms with Crippen LogP contribution in [-0.2, 0) is 11.3 Å². The van der Waals surface area contributed by atoms with Gasteiger partial charge in [-0.15, -0.1) is 0 Å². The lowest BCUT2D eigenvalue weighted by molar-refractivity contribution is -0.0630. The van der Waals surface area contributed by atoms with Crippen molar-refractivity contribution in [1.29, 1.82) is 0 Å². The van der Waals surface area contributed by atoms with Crippen LogP contribution < -0.4 is 10.1 Å². The smallest absolute Gasteiger partial charge is 0.125 e. The van der Waals surface area contributed by atoms with E-state index in [-0.39, 0.29) is 11.4 Å². The SMILES string of the molecule is COc1cccc(-c2nc3cc(F)ccc3cc2CNC2CCOC(C)(C)C2)c1. The third-order valence-corrected chi connectivity index (χ3v) is 5.48. The van der Waals surface area contributed by atoms with Crippen molar-refractivity contribution in [3.63, 3.8) is 0 Å². The molecule has 1 aliphatic heterocycles. The zero-order valence-corrected chi connectivity index (χ0v) is 17.2. The van der Waals surface area contributed by atoms with Gasteiger partial charge < -0.3 is 14.8 Å². The summed E-state index contributed by atoms with van der Waals surface area (Å²) in [4.78, 5) is 4.81. The van der Waals surface area contributed by atoms with Crippen LogP contribution in [0, 0.1) is 5.82 Å². The predicted molar refractivity (Wildman–Crippen MR) is 114 cm³/mol. The summed E-state index contributed by atoms with van der Waals surface area (Å²) in [6, 6.07) is 15.1. The van der Waals surface area contributed by atoms with Gasteiger partial charge in [0.25, 0.3) is 0 Å². The van der Waals surface area contributed by atoms with E-state index in [1.807, 2.05) is 24.3 Å². The molecule has 3 aromatic rings. The molecule has 0 saturated carbocycles. The first-order valence-corrected chi connectivity index (χ1v) is 10.0. The summed E-state index contributed by atoms with van der Waals surface area (Å²) >= 11 is 0. The third kappa shape index (κ3) is 4.57. The minimum Gasteiger partial charge on any atom is -0.497 e. The second kappa shape index (κ2) is 8.09. The number of halogens is 1. The first-order valence-electron chi connectivity index (χ1n) is 10.0. The molecule has 4 rings (SSSR count). The summed E-state index contributed by atoms with van der Waals surface area (Å²) in [5.74, 6) is 0.491. The Morgan fingerprint density at radius 1 is 1.21 bits per heavy atom. The van der Waals surface area contributed by atoms with Crippen LogP contribution >= 0.6 is 0 Å². The van der Waals surface area contributed by atoms with Crippen LogP contribution in [0.2, 0.25) is 0 Å². The second-order valence-electron chi connectivity index (χ2n) is 8.24. The van der Waals surface area contributed by atoms with E-state index in [0.717, 1.165) is 47.4 Å². The summed E-state index contributed by atoms with van der Waals surface area (Å²) in [7, 11) is 1.65. The number of nitrogens with zero attached hydrogens (tertiary/aromatic N) is 1. The van der Waals surface area contributed by atoms with Crippen molar-refractivity contribution in [2.75, 3.05) is 13.7 Å². The van der Waals surface area contributed by atoms with E-state index in [1.54, 1.807) is 13.2 Å². The fourth-order valence-electron chi connectivity index (χ4n) is 4.00. The Balaban J connectivity index is 1.69.